The summed E-state index contributed by atoms with van der Waals surface area (Å²) < 4.78 is 37.8. The molecule has 0 aromatic heterocycles. The van der Waals surface area contributed by atoms with E-state index < -0.39 is 22.6 Å². The maximum absolute atomic E-state index is 12.6. The standard InChI is InChI=1S/C16H11F3N2O3/c17-16(18,19)12-5-3-4-11(10-12)8-9-15(22)20-13-6-1-2-7-14(13)21(23)24/h1-10H,(H,20,22)/b9-8+. The van der Waals surface area contributed by atoms with E-state index in [1.165, 1.54) is 42.5 Å². The molecule has 2 rings (SSSR count). The molecule has 124 valence electrons. The van der Waals surface area contributed by atoms with Gasteiger partial charge in [-0.1, -0.05) is 24.3 Å². The van der Waals surface area contributed by atoms with Crippen LogP contribution in [0, 0.1) is 10.1 Å². The van der Waals surface area contributed by atoms with Crippen LogP contribution >= 0.6 is 0 Å². The number of hydrogen-bond acceptors (Lipinski definition) is 3. The summed E-state index contributed by atoms with van der Waals surface area (Å²) in [4.78, 5) is 22.0. The van der Waals surface area contributed by atoms with Gasteiger partial charge < -0.3 is 5.32 Å². The maximum atomic E-state index is 12.6. The SMILES string of the molecule is O=C(/C=C/c1cccc(C(F)(F)F)c1)Nc1ccccc1[N+](=O)[O-]. The third-order valence-corrected chi connectivity index (χ3v) is 3.00. The predicted octanol–water partition coefficient (Wildman–Crippen LogP) is 4.27. The first-order valence-corrected chi connectivity index (χ1v) is 6.67. The highest BCUT2D eigenvalue weighted by Gasteiger charge is 2.30. The van der Waals surface area contributed by atoms with Gasteiger partial charge in [-0.25, -0.2) is 0 Å². The topological polar surface area (TPSA) is 72.2 Å². The Morgan fingerprint density at radius 1 is 1.12 bits per heavy atom. The Morgan fingerprint density at radius 2 is 1.83 bits per heavy atom. The van der Waals surface area contributed by atoms with Crippen LogP contribution in [0.15, 0.2) is 54.6 Å². The summed E-state index contributed by atoms with van der Waals surface area (Å²) in [6, 6.07) is 10.00. The van der Waals surface area contributed by atoms with Crippen LogP contribution in [0.4, 0.5) is 24.5 Å². The van der Waals surface area contributed by atoms with Crippen molar-refractivity contribution < 1.29 is 22.9 Å². The van der Waals surface area contributed by atoms with Gasteiger partial charge in [0.1, 0.15) is 5.69 Å². The minimum absolute atomic E-state index is 0.00110. The Kier molecular flexibility index (Phi) is 4.98. The van der Waals surface area contributed by atoms with Crippen molar-refractivity contribution in [3.8, 4) is 0 Å². The quantitative estimate of drug-likeness (QED) is 0.515. The van der Waals surface area contributed by atoms with Crippen molar-refractivity contribution in [1.82, 2.24) is 0 Å². The molecule has 0 radical (unpaired) electrons. The summed E-state index contributed by atoms with van der Waals surface area (Å²) in [6.45, 7) is 0. The Balaban J connectivity index is 2.13. The van der Waals surface area contributed by atoms with Crippen LogP contribution in [0.1, 0.15) is 11.1 Å². The van der Waals surface area contributed by atoms with E-state index in [0.29, 0.717) is 0 Å². The highest BCUT2D eigenvalue weighted by molar-refractivity contribution is 6.03. The van der Waals surface area contributed by atoms with Gasteiger partial charge in [-0.2, -0.15) is 13.2 Å². The van der Waals surface area contributed by atoms with Gasteiger partial charge in [-0.3, -0.25) is 14.9 Å². The van der Waals surface area contributed by atoms with E-state index in [1.54, 1.807) is 0 Å². The average Bonchev–Trinajstić information content (AvgIpc) is 2.53. The van der Waals surface area contributed by atoms with E-state index in [-0.39, 0.29) is 16.9 Å². The third kappa shape index (κ3) is 4.42. The third-order valence-electron chi connectivity index (χ3n) is 3.00. The lowest BCUT2D eigenvalue weighted by molar-refractivity contribution is -0.383. The summed E-state index contributed by atoms with van der Waals surface area (Å²) in [5.41, 5.74) is -0.925. The molecule has 0 saturated heterocycles. The Labute approximate surface area is 134 Å². The minimum atomic E-state index is -4.48. The van der Waals surface area contributed by atoms with Crippen LogP contribution in [-0.4, -0.2) is 10.8 Å². The zero-order valence-corrected chi connectivity index (χ0v) is 12.1. The number of para-hydroxylation sites is 2. The Bertz CT molecular complexity index is 801. The van der Waals surface area contributed by atoms with Crippen molar-refractivity contribution in [1.29, 1.82) is 0 Å². The fourth-order valence-electron chi connectivity index (χ4n) is 1.90. The van der Waals surface area contributed by atoms with Crippen LogP contribution < -0.4 is 5.32 Å². The second kappa shape index (κ2) is 6.95. The molecule has 1 amide bonds. The predicted molar refractivity (Wildman–Crippen MR) is 82.2 cm³/mol. The molecule has 0 bridgehead atoms. The number of carbonyl (C=O) groups is 1. The summed E-state index contributed by atoms with van der Waals surface area (Å²) in [7, 11) is 0. The van der Waals surface area contributed by atoms with Crippen LogP contribution in [-0.2, 0) is 11.0 Å². The van der Waals surface area contributed by atoms with Gasteiger partial charge in [-0.15, -0.1) is 0 Å². The number of rotatable bonds is 4. The second-order valence-electron chi connectivity index (χ2n) is 4.72. The number of nitrogens with one attached hydrogen (secondary N) is 1. The summed E-state index contributed by atoms with van der Waals surface area (Å²) >= 11 is 0. The lowest BCUT2D eigenvalue weighted by atomic mass is 10.1. The summed E-state index contributed by atoms with van der Waals surface area (Å²) in [5, 5.41) is 13.2. The molecule has 8 heteroatoms. The number of nitrogens with zero attached hydrogens (tertiary/aromatic N) is 1. The first-order chi connectivity index (χ1) is 11.3. The molecular weight excluding hydrogens is 325 g/mol. The van der Waals surface area contributed by atoms with E-state index >= 15 is 0 Å². The number of halogens is 3. The van der Waals surface area contributed by atoms with E-state index in [0.717, 1.165) is 18.2 Å². The molecule has 0 aliphatic carbocycles. The largest absolute Gasteiger partial charge is 0.416 e. The number of benzene rings is 2. The van der Waals surface area contributed by atoms with Gasteiger partial charge >= 0.3 is 6.18 Å². The Morgan fingerprint density at radius 3 is 2.50 bits per heavy atom. The van der Waals surface area contributed by atoms with Gasteiger partial charge in [0, 0.05) is 12.1 Å². The molecule has 0 fully saturated rings. The number of hydrogen-bond donors (Lipinski definition) is 1. The van der Waals surface area contributed by atoms with Crippen LogP contribution in [0.2, 0.25) is 0 Å². The number of anilines is 1. The molecule has 2 aromatic carbocycles. The molecular formula is C16H11F3N2O3. The normalized spacial score (nSPS) is 11.5. The monoisotopic (exact) mass is 336 g/mol. The molecule has 0 unspecified atom stereocenters. The average molecular weight is 336 g/mol. The van der Waals surface area contributed by atoms with Crippen LogP contribution in [0.5, 0.6) is 0 Å². The summed E-state index contributed by atoms with van der Waals surface area (Å²) in [5.74, 6) is -0.693. The van der Waals surface area contributed by atoms with Gasteiger partial charge in [-0.05, 0) is 29.8 Å². The minimum Gasteiger partial charge on any atom is -0.317 e. The van der Waals surface area contributed by atoms with Crippen molar-refractivity contribution in [2.75, 3.05) is 5.32 Å². The first-order valence-electron chi connectivity index (χ1n) is 6.67. The van der Waals surface area contributed by atoms with E-state index in [1.807, 2.05) is 0 Å². The molecule has 0 heterocycles. The maximum Gasteiger partial charge on any atom is 0.416 e. The van der Waals surface area contributed by atoms with Gasteiger partial charge in [0.2, 0.25) is 5.91 Å². The van der Waals surface area contributed by atoms with Crippen LogP contribution in [0.3, 0.4) is 0 Å². The lowest BCUT2D eigenvalue weighted by Crippen LogP contribution is -2.09. The number of alkyl halides is 3. The van der Waals surface area contributed by atoms with Crippen molar-refractivity contribution >= 4 is 23.4 Å². The Hall–Kier alpha value is -3.16. The fraction of sp³-hybridized carbons (Fsp3) is 0.0625. The smallest absolute Gasteiger partial charge is 0.317 e. The molecule has 0 atom stereocenters. The van der Waals surface area contributed by atoms with E-state index in [9.17, 15) is 28.1 Å². The number of nitro groups is 1. The first kappa shape index (κ1) is 17.2. The van der Waals surface area contributed by atoms with Crippen molar-refractivity contribution in [2.24, 2.45) is 0 Å². The van der Waals surface area contributed by atoms with E-state index in [4.69, 9.17) is 0 Å². The van der Waals surface area contributed by atoms with Crippen LogP contribution in [0.25, 0.3) is 6.08 Å². The van der Waals surface area contributed by atoms with Gasteiger partial charge in [0.15, 0.2) is 0 Å². The number of amides is 1. The van der Waals surface area contributed by atoms with Crippen molar-refractivity contribution in [3.63, 3.8) is 0 Å². The molecule has 24 heavy (non-hydrogen) atoms. The zero-order valence-electron chi connectivity index (χ0n) is 12.1. The molecule has 2 aromatic rings. The molecule has 0 spiro atoms. The second-order valence-corrected chi connectivity index (χ2v) is 4.72. The molecule has 1 N–H and O–H groups in total. The van der Waals surface area contributed by atoms with Gasteiger partial charge in [0.05, 0.1) is 10.5 Å². The molecule has 0 saturated carbocycles. The number of carbonyl (C=O) groups excluding carboxylic acids is 1. The van der Waals surface area contributed by atoms with E-state index in [2.05, 4.69) is 5.32 Å². The number of nitro benzene ring substituents is 1. The molecule has 5 nitrogen and oxygen atoms in total. The van der Waals surface area contributed by atoms with Crippen molar-refractivity contribution in [3.05, 3.63) is 75.8 Å². The highest BCUT2D eigenvalue weighted by atomic mass is 19.4. The molecule has 0 aliphatic rings. The highest BCUT2D eigenvalue weighted by Crippen LogP contribution is 2.29. The summed E-state index contributed by atoms with van der Waals surface area (Å²) in [6.07, 6.45) is -2.28. The van der Waals surface area contributed by atoms with Crippen molar-refractivity contribution in [2.45, 2.75) is 6.18 Å². The van der Waals surface area contributed by atoms with Gasteiger partial charge in [0.25, 0.3) is 5.69 Å². The molecule has 0 aliphatic heterocycles. The fourth-order valence-corrected chi connectivity index (χ4v) is 1.90. The lowest BCUT2D eigenvalue weighted by Gasteiger charge is -2.06. The zero-order chi connectivity index (χ0) is 17.7.